The predicted molar refractivity (Wildman–Crippen MR) is 105 cm³/mol. The lowest BCUT2D eigenvalue weighted by atomic mass is 9.96. The molecule has 160 valence electrons. The number of benzene rings is 2. The first-order valence-electron chi connectivity index (χ1n) is 8.56. The van der Waals surface area contributed by atoms with Gasteiger partial charge in [0.25, 0.3) is 5.56 Å². The Balaban J connectivity index is 2.16. The first-order valence-corrected chi connectivity index (χ1v) is 8.56. The van der Waals surface area contributed by atoms with Gasteiger partial charge in [0.05, 0.1) is 10.5 Å². The van der Waals surface area contributed by atoms with E-state index in [1.807, 2.05) is 0 Å². The molecule has 0 saturated carbocycles. The van der Waals surface area contributed by atoms with Crippen molar-refractivity contribution < 1.29 is 22.8 Å². The summed E-state index contributed by atoms with van der Waals surface area (Å²) in [5.74, 6) is -1.03. The summed E-state index contributed by atoms with van der Waals surface area (Å²) in [5.41, 5.74) is 2.02. The maximum Gasteiger partial charge on any atom is 0.416 e. The number of halogens is 3. The molecule has 0 aliphatic carbocycles. The Bertz CT molecular complexity index is 1380. The molecule has 0 bridgehead atoms. The Morgan fingerprint density at radius 1 is 1.09 bits per heavy atom. The second-order valence-corrected chi connectivity index (χ2v) is 6.28. The third-order valence-corrected chi connectivity index (χ3v) is 4.30. The van der Waals surface area contributed by atoms with Gasteiger partial charge in [-0.05, 0) is 29.8 Å². The maximum atomic E-state index is 12.9. The van der Waals surface area contributed by atoms with Gasteiger partial charge < -0.3 is 15.5 Å². The van der Waals surface area contributed by atoms with Crippen LogP contribution in [-0.4, -0.2) is 9.91 Å². The SMILES string of the molecule is N#Cc1c(N)[nH]c(=O)c(C#N)c1-c1ccc(Oc2cccc(C(F)(F)F)c2)c([N+](=O)[O-])c1. The summed E-state index contributed by atoms with van der Waals surface area (Å²) >= 11 is 0. The number of aromatic amines is 1. The monoisotopic (exact) mass is 441 g/mol. The number of nitro groups is 1. The van der Waals surface area contributed by atoms with Crippen LogP contribution in [0.5, 0.6) is 11.5 Å². The highest BCUT2D eigenvalue weighted by Gasteiger charge is 2.31. The first-order chi connectivity index (χ1) is 15.1. The van der Waals surface area contributed by atoms with E-state index in [0.29, 0.717) is 6.07 Å². The average molecular weight is 441 g/mol. The van der Waals surface area contributed by atoms with Crippen LogP contribution in [0.3, 0.4) is 0 Å². The molecule has 1 heterocycles. The quantitative estimate of drug-likeness (QED) is 0.456. The van der Waals surface area contributed by atoms with E-state index in [1.165, 1.54) is 12.1 Å². The molecule has 0 fully saturated rings. The number of nitrogens with zero attached hydrogens (tertiary/aromatic N) is 3. The predicted octanol–water partition coefficient (Wildman–Crippen LogP) is 4.09. The van der Waals surface area contributed by atoms with Gasteiger partial charge in [-0.25, -0.2) is 0 Å². The number of anilines is 1. The molecular formula is C20H10F3N5O4. The number of alkyl halides is 3. The molecule has 0 aliphatic rings. The summed E-state index contributed by atoms with van der Waals surface area (Å²) in [6.07, 6.45) is -4.64. The number of nitrogens with two attached hydrogens (primary N) is 1. The minimum absolute atomic E-state index is 0.0565. The van der Waals surface area contributed by atoms with E-state index in [2.05, 4.69) is 4.98 Å². The third kappa shape index (κ3) is 4.06. The Morgan fingerprint density at radius 2 is 1.78 bits per heavy atom. The van der Waals surface area contributed by atoms with Gasteiger partial charge in [0.15, 0.2) is 0 Å². The van der Waals surface area contributed by atoms with Gasteiger partial charge in [0.1, 0.15) is 34.8 Å². The Kier molecular flexibility index (Phi) is 5.55. The van der Waals surface area contributed by atoms with Crippen LogP contribution in [0.1, 0.15) is 16.7 Å². The van der Waals surface area contributed by atoms with Crippen LogP contribution in [0.2, 0.25) is 0 Å². The molecule has 3 rings (SSSR count). The van der Waals surface area contributed by atoms with Gasteiger partial charge >= 0.3 is 11.9 Å². The molecule has 0 aliphatic heterocycles. The van der Waals surface area contributed by atoms with Crippen molar-refractivity contribution in [3.8, 4) is 34.8 Å². The number of nitro benzene ring substituents is 1. The molecule has 0 amide bonds. The average Bonchev–Trinajstić information content (AvgIpc) is 2.73. The van der Waals surface area contributed by atoms with Gasteiger partial charge in [-0.1, -0.05) is 12.1 Å². The molecule has 12 heteroatoms. The number of H-pyrrole nitrogens is 1. The largest absolute Gasteiger partial charge is 0.450 e. The number of hydrogen-bond acceptors (Lipinski definition) is 7. The Morgan fingerprint density at radius 3 is 2.38 bits per heavy atom. The third-order valence-electron chi connectivity index (χ3n) is 4.30. The van der Waals surface area contributed by atoms with Gasteiger partial charge in [0, 0.05) is 11.6 Å². The van der Waals surface area contributed by atoms with E-state index >= 15 is 0 Å². The molecule has 0 saturated heterocycles. The number of aromatic nitrogens is 1. The maximum absolute atomic E-state index is 12.9. The molecule has 3 aromatic rings. The molecule has 3 N–H and O–H groups in total. The number of nitrogens with one attached hydrogen (secondary N) is 1. The van der Waals surface area contributed by atoms with Crippen LogP contribution in [0.25, 0.3) is 11.1 Å². The number of hydrogen-bond donors (Lipinski definition) is 2. The summed E-state index contributed by atoms with van der Waals surface area (Å²) in [4.78, 5) is 24.9. The first kappa shape index (κ1) is 21.9. The zero-order chi connectivity index (χ0) is 23.6. The van der Waals surface area contributed by atoms with Crippen LogP contribution >= 0.6 is 0 Å². The van der Waals surface area contributed by atoms with Crippen LogP contribution in [0, 0.1) is 32.8 Å². The molecular weight excluding hydrogens is 431 g/mol. The minimum Gasteiger partial charge on any atom is -0.450 e. The molecule has 0 unspecified atom stereocenters. The molecule has 2 aromatic carbocycles. The van der Waals surface area contributed by atoms with Crippen LogP contribution in [0.4, 0.5) is 24.7 Å². The topological polar surface area (TPSA) is 159 Å². The second kappa shape index (κ2) is 8.12. The Hall–Kier alpha value is -4.84. The van der Waals surface area contributed by atoms with Crippen molar-refractivity contribution >= 4 is 11.5 Å². The molecule has 32 heavy (non-hydrogen) atoms. The van der Waals surface area contributed by atoms with Crippen LogP contribution in [0.15, 0.2) is 47.3 Å². The fraction of sp³-hybridized carbons (Fsp3) is 0.0500. The van der Waals surface area contributed by atoms with E-state index in [4.69, 9.17) is 10.5 Å². The number of rotatable bonds is 4. The van der Waals surface area contributed by atoms with Gasteiger partial charge in [-0.2, -0.15) is 23.7 Å². The fourth-order valence-corrected chi connectivity index (χ4v) is 2.90. The van der Waals surface area contributed by atoms with E-state index in [0.717, 1.165) is 24.3 Å². The van der Waals surface area contributed by atoms with E-state index in [1.54, 1.807) is 12.1 Å². The molecule has 0 atom stereocenters. The molecule has 0 spiro atoms. The smallest absolute Gasteiger partial charge is 0.416 e. The summed E-state index contributed by atoms with van der Waals surface area (Å²) in [5, 5.41) is 30.3. The standard InChI is InChI=1S/C20H10F3N5O4/c21-20(22,23)11-2-1-3-12(7-11)32-16-5-4-10(6-15(16)28(30)31)17-13(8-24)18(26)27-19(29)14(17)9-25/h1-7H,(H3,26,27,29). The van der Waals surface area contributed by atoms with Crippen LogP contribution in [-0.2, 0) is 6.18 Å². The number of nitriles is 2. The zero-order valence-corrected chi connectivity index (χ0v) is 15.7. The highest BCUT2D eigenvalue weighted by molar-refractivity contribution is 5.81. The van der Waals surface area contributed by atoms with Gasteiger partial charge in [-0.3, -0.25) is 14.9 Å². The van der Waals surface area contributed by atoms with Crippen LogP contribution < -0.4 is 16.0 Å². The molecule has 1 aromatic heterocycles. The number of nitrogen functional groups attached to an aromatic ring is 1. The van der Waals surface area contributed by atoms with Crippen molar-refractivity contribution in [2.24, 2.45) is 0 Å². The van der Waals surface area contributed by atoms with E-state index < -0.39 is 39.2 Å². The van der Waals surface area contributed by atoms with Crippen molar-refractivity contribution in [2.45, 2.75) is 6.18 Å². The normalized spacial score (nSPS) is 10.8. The molecule has 0 radical (unpaired) electrons. The zero-order valence-electron chi connectivity index (χ0n) is 15.7. The lowest BCUT2D eigenvalue weighted by molar-refractivity contribution is -0.385. The van der Waals surface area contributed by atoms with Crippen molar-refractivity contribution in [1.29, 1.82) is 10.5 Å². The van der Waals surface area contributed by atoms with Gasteiger partial charge in [-0.15, -0.1) is 0 Å². The lowest BCUT2D eigenvalue weighted by Crippen LogP contribution is -2.16. The summed E-state index contributed by atoms with van der Waals surface area (Å²) in [6, 6.07) is 10.3. The van der Waals surface area contributed by atoms with Crippen molar-refractivity contribution in [2.75, 3.05) is 5.73 Å². The van der Waals surface area contributed by atoms with Crippen molar-refractivity contribution in [3.05, 3.63) is 79.6 Å². The highest BCUT2D eigenvalue weighted by Crippen LogP contribution is 2.38. The fourth-order valence-electron chi connectivity index (χ4n) is 2.90. The lowest BCUT2D eigenvalue weighted by Gasteiger charge is -2.12. The summed E-state index contributed by atoms with van der Waals surface area (Å²) < 4.78 is 44.0. The summed E-state index contributed by atoms with van der Waals surface area (Å²) in [7, 11) is 0. The minimum atomic E-state index is -4.64. The van der Waals surface area contributed by atoms with Gasteiger partial charge in [0.2, 0.25) is 5.75 Å². The van der Waals surface area contributed by atoms with E-state index in [-0.39, 0.29) is 28.3 Å². The summed E-state index contributed by atoms with van der Waals surface area (Å²) in [6.45, 7) is 0. The van der Waals surface area contributed by atoms with Crippen molar-refractivity contribution in [3.63, 3.8) is 0 Å². The van der Waals surface area contributed by atoms with Crippen molar-refractivity contribution in [1.82, 2.24) is 4.98 Å². The molecule has 9 nitrogen and oxygen atoms in total. The van der Waals surface area contributed by atoms with E-state index in [9.17, 15) is 38.6 Å². The Labute approximate surface area is 176 Å². The number of ether oxygens (including phenoxy) is 1. The number of pyridine rings is 1. The highest BCUT2D eigenvalue weighted by atomic mass is 19.4. The second-order valence-electron chi connectivity index (χ2n) is 6.28.